The number of methoxy groups -OCH3 is 2. The number of carbonyl (C=O) groups excluding carboxylic acids is 1. The molecule has 0 unspecified atom stereocenters. The number of hydrogen-bond donors (Lipinski definition) is 2. The Kier molecular flexibility index (Phi) is 8.32. The third-order valence-electron chi connectivity index (χ3n) is 3.09. The first-order valence-electron chi connectivity index (χ1n) is 7.41. The first-order valence-corrected chi connectivity index (χ1v) is 7.41. The summed E-state index contributed by atoms with van der Waals surface area (Å²) in [4.78, 5) is 11.7. The van der Waals surface area contributed by atoms with Crippen LogP contribution in [0.15, 0.2) is 18.2 Å². The monoisotopic (exact) mass is 310 g/mol. The maximum Gasteiger partial charge on any atom is 0.320 e. The molecule has 0 fully saturated rings. The van der Waals surface area contributed by atoms with Gasteiger partial charge in [-0.15, -0.1) is 0 Å². The predicted molar refractivity (Wildman–Crippen MR) is 85.3 cm³/mol. The Morgan fingerprint density at radius 2 is 1.86 bits per heavy atom. The van der Waals surface area contributed by atoms with E-state index in [1.807, 2.05) is 25.1 Å². The van der Waals surface area contributed by atoms with Gasteiger partial charge in [-0.3, -0.25) is 4.79 Å². The summed E-state index contributed by atoms with van der Waals surface area (Å²) in [6.45, 7) is 3.39. The fourth-order valence-electron chi connectivity index (χ4n) is 2.04. The molecule has 22 heavy (non-hydrogen) atoms. The molecule has 1 aromatic carbocycles. The maximum absolute atomic E-state index is 11.7. The van der Waals surface area contributed by atoms with Crippen molar-refractivity contribution >= 4 is 5.97 Å². The van der Waals surface area contributed by atoms with E-state index in [1.54, 1.807) is 14.2 Å². The summed E-state index contributed by atoms with van der Waals surface area (Å²) >= 11 is 0. The summed E-state index contributed by atoms with van der Waals surface area (Å²) in [6, 6.07) is 5.63. The van der Waals surface area contributed by atoms with E-state index >= 15 is 0 Å². The van der Waals surface area contributed by atoms with E-state index in [-0.39, 0.29) is 18.6 Å². The van der Waals surface area contributed by atoms with E-state index in [4.69, 9.17) is 19.9 Å². The highest BCUT2D eigenvalue weighted by Gasteiger charge is 2.11. The maximum atomic E-state index is 11.7. The van der Waals surface area contributed by atoms with Gasteiger partial charge in [0.05, 0.1) is 20.8 Å². The lowest BCUT2D eigenvalue weighted by Crippen LogP contribution is -2.29. The first kappa shape index (κ1) is 18.3. The van der Waals surface area contributed by atoms with Crippen LogP contribution >= 0.6 is 0 Å². The fourth-order valence-corrected chi connectivity index (χ4v) is 2.04. The zero-order valence-corrected chi connectivity index (χ0v) is 13.6. The summed E-state index contributed by atoms with van der Waals surface area (Å²) in [5, 5.41) is 3.00. The van der Waals surface area contributed by atoms with Crippen LogP contribution in [0.4, 0.5) is 0 Å². The second kappa shape index (κ2) is 10.0. The third-order valence-corrected chi connectivity index (χ3v) is 3.09. The predicted octanol–water partition coefficient (Wildman–Crippen LogP) is 1.12. The van der Waals surface area contributed by atoms with Crippen molar-refractivity contribution in [2.75, 3.05) is 33.9 Å². The zero-order chi connectivity index (χ0) is 16.4. The van der Waals surface area contributed by atoms with Gasteiger partial charge in [0, 0.05) is 12.5 Å². The van der Waals surface area contributed by atoms with Gasteiger partial charge in [0.1, 0.15) is 17.6 Å². The summed E-state index contributed by atoms with van der Waals surface area (Å²) in [5.74, 6) is 1.17. The van der Waals surface area contributed by atoms with E-state index in [2.05, 4.69) is 5.32 Å². The second-order valence-electron chi connectivity index (χ2n) is 5.04. The highest BCUT2D eigenvalue weighted by atomic mass is 16.5. The zero-order valence-electron chi connectivity index (χ0n) is 13.6. The fraction of sp³-hybridized carbons (Fsp3) is 0.562. The van der Waals surface area contributed by atoms with Gasteiger partial charge in [-0.1, -0.05) is 0 Å². The van der Waals surface area contributed by atoms with E-state index < -0.39 is 0 Å². The topological polar surface area (TPSA) is 82.8 Å². The molecule has 0 heterocycles. The van der Waals surface area contributed by atoms with E-state index in [0.29, 0.717) is 19.5 Å². The minimum atomic E-state index is -0.264. The minimum Gasteiger partial charge on any atom is -0.497 e. The van der Waals surface area contributed by atoms with Gasteiger partial charge in [-0.25, -0.2) is 0 Å². The van der Waals surface area contributed by atoms with Crippen LogP contribution in [-0.4, -0.2) is 45.9 Å². The molecule has 0 saturated carbocycles. The van der Waals surface area contributed by atoms with Crippen molar-refractivity contribution < 1.29 is 19.0 Å². The normalized spacial score (nSPS) is 11.8. The summed E-state index contributed by atoms with van der Waals surface area (Å²) in [6.07, 6.45) is 1.22. The molecular weight excluding hydrogens is 284 g/mol. The van der Waals surface area contributed by atoms with Gasteiger partial charge in [-0.2, -0.15) is 0 Å². The van der Waals surface area contributed by atoms with Crippen molar-refractivity contribution in [3.63, 3.8) is 0 Å². The molecule has 1 rings (SSSR count). The van der Waals surface area contributed by atoms with Crippen LogP contribution in [0.2, 0.25) is 0 Å². The van der Waals surface area contributed by atoms with Crippen LogP contribution in [0.1, 0.15) is 18.9 Å². The number of nitrogens with two attached hydrogens (primary N) is 1. The van der Waals surface area contributed by atoms with Gasteiger partial charge < -0.3 is 25.3 Å². The molecule has 0 aliphatic heterocycles. The van der Waals surface area contributed by atoms with Crippen molar-refractivity contribution in [3.8, 4) is 11.5 Å². The number of hydrogen-bond acceptors (Lipinski definition) is 6. The number of ether oxygens (including phenoxy) is 3. The molecule has 0 saturated heterocycles. The largest absolute Gasteiger partial charge is 0.497 e. The van der Waals surface area contributed by atoms with Crippen LogP contribution in [0.3, 0.4) is 0 Å². The molecule has 0 spiro atoms. The van der Waals surface area contributed by atoms with Crippen LogP contribution in [0, 0.1) is 0 Å². The summed E-state index contributed by atoms with van der Waals surface area (Å²) < 4.78 is 15.8. The van der Waals surface area contributed by atoms with E-state index in [9.17, 15) is 4.79 Å². The van der Waals surface area contributed by atoms with Crippen molar-refractivity contribution in [3.05, 3.63) is 23.8 Å². The number of carbonyl (C=O) groups is 1. The summed E-state index contributed by atoms with van der Waals surface area (Å²) in [7, 11) is 3.21. The van der Waals surface area contributed by atoms with Gasteiger partial charge in [0.15, 0.2) is 0 Å². The Balaban J connectivity index is 2.47. The molecule has 0 aliphatic carbocycles. The van der Waals surface area contributed by atoms with Gasteiger partial charge in [0.2, 0.25) is 0 Å². The first-order chi connectivity index (χ1) is 10.6. The molecule has 124 valence electrons. The molecule has 1 atom stereocenters. The lowest BCUT2D eigenvalue weighted by molar-refractivity contribution is -0.146. The molecule has 0 amide bonds. The van der Waals surface area contributed by atoms with Crippen molar-refractivity contribution in [1.29, 1.82) is 0 Å². The minimum absolute atomic E-state index is 0.200. The molecule has 0 aliphatic rings. The number of benzene rings is 1. The SMILES string of the molecule is COc1cc(C[C@H](C)OC(=O)CNCCCN)cc(OC)c1. The molecular formula is C16H26N2O4. The lowest BCUT2D eigenvalue weighted by Gasteiger charge is -2.15. The standard InChI is InChI=1S/C16H26N2O4/c1-12(22-16(19)11-18-6-4-5-17)7-13-8-14(20-2)10-15(9-13)21-3/h8-10,12,18H,4-7,11,17H2,1-3H3/t12-/m0/s1. The number of nitrogens with one attached hydrogen (secondary N) is 1. The smallest absolute Gasteiger partial charge is 0.320 e. The molecule has 3 N–H and O–H groups in total. The van der Waals surface area contributed by atoms with Gasteiger partial charge in [0.25, 0.3) is 0 Å². The average Bonchev–Trinajstić information content (AvgIpc) is 2.50. The number of esters is 1. The van der Waals surface area contributed by atoms with Crippen LogP contribution < -0.4 is 20.5 Å². The van der Waals surface area contributed by atoms with Crippen molar-refractivity contribution in [2.45, 2.75) is 25.9 Å². The van der Waals surface area contributed by atoms with Crippen LogP contribution in [0.5, 0.6) is 11.5 Å². The third kappa shape index (κ3) is 6.78. The Morgan fingerprint density at radius 3 is 2.41 bits per heavy atom. The van der Waals surface area contributed by atoms with E-state index in [1.165, 1.54) is 0 Å². The van der Waals surface area contributed by atoms with Crippen molar-refractivity contribution in [1.82, 2.24) is 5.32 Å². The van der Waals surface area contributed by atoms with Crippen molar-refractivity contribution in [2.24, 2.45) is 5.73 Å². The number of rotatable bonds is 10. The second-order valence-corrected chi connectivity index (χ2v) is 5.04. The Hall–Kier alpha value is -1.79. The molecule has 6 heteroatoms. The van der Waals surface area contributed by atoms with Gasteiger partial charge in [-0.05, 0) is 44.1 Å². The molecule has 0 bridgehead atoms. The highest BCUT2D eigenvalue weighted by Crippen LogP contribution is 2.23. The highest BCUT2D eigenvalue weighted by molar-refractivity contribution is 5.71. The Bertz CT molecular complexity index is 443. The Morgan fingerprint density at radius 1 is 1.23 bits per heavy atom. The molecule has 0 aromatic heterocycles. The van der Waals surface area contributed by atoms with E-state index in [0.717, 1.165) is 23.5 Å². The molecule has 1 aromatic rings. The summed E-state index contributed by atoms with van der Waals surface area (Å²) in [5.41, 5.74) is 6.38. The van der Waals surface area contributed by atoms with Crippen LogP contribution in [-0.2, 0) is 16.0 Å². The van der Waals surface area contributed by atoms with Crippen LogP contribution in [0.25, 0.3) is 0 Å². The molecule has 6 nitrogen and oxygen atoms in total. The van der Waals surface area contributed by atoms with Gasteiger partial charge >= 0.3 is 5.97 Å². The average molecular weight is 310 g/mol. The lowest BCUT2D eigenvalue weighted by atomic mass is 10.1. The Labute approximate surface area is 131 Å². The molecule has 0 radical (unpaired) electrons. The quantitative estimate of drug-likeness (QED) is 0.498.